The predicted octanol–water partition coefficient (Wildman–Crippen LogP) is 4.37. The van der Waals surface area contributed by atoms with E-state index in [1.54, 1.807) is 0 Å². The van der Waals surface area contributed by atoms with Crippen LogP contribution in [0.2, 0.25) is 0 Å². The molecule has 0 saturated carbocycles. The van der Waals surface area contributed by atoms with Crippen LogP contribution in [0, 0.1) is 11.8 Å². The van der Waals surface area contributed by atoms with Gasteiger partial charge in [0.25, 0.3) is 0 Å². The van der Waals surface area contributed by atoms with Crippen LogP contribution in [0.5, 0.6) is 0 Å². The Labute approximate surface area is 189 Å². The van der Waals surface area contributed by atoms with Crippen molar-refractivity contribution in [3.8, 4) is 11.1 Å². The van der Waals surface area contributed by atoms with Crippen molar-refractivity contribution in [2.24, 2.45) is 11.8 Å². The van der Waals surface area contributed by atoms with Gasteiger partial charge in [-0.05, 0) is 47.9 Å². The Morgan fingerprint density at radius 2 is 1.53 bits per heavy atom. The number of carboxylic acid groups (broad SMARTS) is 1. The van der Waals surface area contributed by atoms with Gasteiger partial charge in [-0.2, -0.15) is 0 Å². The third-order valence-electron chi connectivity index (χ3n) is 5.93. The highest BCUT2D eigenvalue weighted by Crippen LogP contribution is 2.44. The van der Waals surface area contributed by atoms with Gasteiger partial charge in [0.15, 0.2) is 0 Å². The molecule has 0 bridgehead atoms. The first-order valence-corrected chi connectivity index (χ1v) is 11.1. The first kappa shape index (κ1) is 23.5. The number of fused-ring (bicyclic) bond motifs is 3. The second kappa shape index (κ2) is 10.4. The monoisotopic (exact) mass is 437 g/mol. The maximum atomic E-state index is 12.5. The van der Waals surface area contributed by atoms with Gasteiger partial charge in [-0.3, -0.25) is 14.4 Å². The lowest BCUT2D eigenvalue weighted by Crippen LogP contribution is -2.42. The van der Waals surface area contributed by atoms with E-state index in [1.165, 1.54) is 18.1 Å². The van der Waals surface area contributed by atoms with Crippen LogP contribution in [0.25, 0.3) is 11.1 Å². The molecule has 2 aromatic carbocycles. The maximum absolute atomic E-state index is 12.5. The van der Waals surface area contributed by atoms with Crippen molar-refractivity contribution < 1.29 is 24.2 Å². The molecule has 0 unspecified atom stereocenters. The number of nitrogens with one attached hydrogen (secondary N) is 1. The molecule has 1 amide bonds. The van der Waals surface area contributed by atoms with E-state index in [1.807, 2.05) is 38.1 Å². The zero-order valence-corrected chi connectivity index (χ0v) is 18.8. The summed E-state index contributed by atoms with van der Waals surface area (Å²) in [4.78, 5) is 36.1. The zero-order chi connectivity index (χ0) is 23.3. The molecule has 170 valence electrons. The number of carboxylic acids is 1. The molecule has 2 N–H and O–H groups in total. The summed E-state index contributed by atoms with van der Waals surface area (Å²) in [5, 5.41) is 11.6. The van der Waals surface area contributed by atoms with E-state index < -0.39 is 17.9 Å². The van der Waals surface area contributed by atoms with Crippen molar-refractivity contribution in [3.05, 3.63) is 59.7 Å². The van der Waals surface area contributed by atoms with Crippen molar-refractivity contribution >= 4 is 17.8 Å². The van der Waals surface area contributed by atoms with Gasteiger partial charge in [0.2, 0.25) is 5.91 Å². The van der Waals surface area contributed by atoms with Crippen LogP contribution in [0.3, 0.4) is 0 Å². The fourth-order valence-corrected chi connectivity index (χ4v) is 4.30. The topological polar surface area (TPSA) is 92.7 Å². The van der Waals surface area contributed by atoms with Crippen LogP contribution in [0.15, 0.2) is 48.5 Å². The third-order valence-corrected chi connectivity index (χ3v) is 5.93. The molecule has 2 aromatic rings. The Balaban J connectivity index is 1.59. The lowest BCUT2D eigenvalue weighted by atomic mass is 9.92. The number of rotatable bonds is 10. The second-order valence-corrected chi connectivity index (χ2v) is 8.84. The normalized spacial score (nSPS) is 14.4. The van der Waals surface area contributed by atoms with Crippen molar-refractivity contribution in [3.63, 3.8) is 0 Å². The molecule has 32 heavy (non-hydrogen) atoms. The smallest absolute Gasteiger partial charge is 0.325 e. The standard InChI is InChI=1S/C26H31NO5/c1-16(2)14-18(25(29)27-17(3)26(30)31)12-13-24(28)32-15-23-21-10-6-4-8-19(21)20-9-5-7-11-22(20)23/h4-11,16-18,23H,12-15H2,1-3H3,(H,27,29)(H,30,31)/t17-,18-/m0/s1. The highest BCUT2D eigenvalue weighted by molar-refractivity contribution is 5.85. The van der Waals surface area contributed by atoms with E-state index in [0.717, 1.165) is 11.1 Å². The molecule has 6 heteroatoms. The molecular formula is C26H31NO5. The van der Waals surface area contributed by atoms with Crippen LogP contribution in [0.1, 0.15) is 57.1 Å². The summed E-state index contributed by atoms with van der Waals surface area (Å²) in [5.41, 5.74) is 4.65. The molecule has 0 aliphatic heterocycles. The van der Waals surface area contributed by atoms with E-state index in [2.05, 4.69) is 29.6 Å². The molecule has 0 aromatic heterocycles. The molecule has 0 spiro atoms. The highest BCUT2D eigenvalue weighted by atomic mass is 16.5. The highest BCUT2D eigenvalue weighted by Gasteiger charge is 2.29. The summed E-state index contributed by atoms with van der Waals surface area (Å²) in [5.74, 6) is -1.96. The predicted molar refractivity (Wildman–Crippen MR) is 122 cm³/mol. The van der Waals surface area contributed by atoms with Gasteiger partial charge < -0.3 is 15.2 Å². The molecule has 1 aliphatic rings. The summed E-state index contributed by atoms with van der Waals surface area (Å²) < 4.78 is 5.63. The van der Waals surface area contributed by atoms with Gasteiger partial charge in [0.05, 0.1) is 0 Å². The summed E-state index contributed by atoms with van der Waals surface area (Å²) in [6, 6.07) is 15.4. The minimum atomic E-state index is -1.09. The number of carbonyl (C=O) groups excluding carboxylic acids is 2. The molecular weight excluding hydrogens is 406 g/mol. The van der Waals surface area contributed by atoms with E-state index >= 15 is 0 Å². The Kier molecular flexibility index (Phi) is 7.67. The van der Waals surface area contributed by atoms with E-state index in [4.69, 9.17) is 9.84 Å². The molecule has 0 fully saturated rings. The largest absolute Gasteiger partial charge is 0.480 e. The fourth-order valence-electron chi connectivity index (χ4n) is 4.30. The van der Waals surface area contributed by atoms with Crippen LogP contribution >= 0.6 is 0 Å². The van der Waals surface area contributed by atoms with Gasteiger partial charge in [-0.1, -0.05) is 62.4 Å². The molecule has 6 nitrogen and oxygen atoms in total. The van der Waals surface area contributed by atoms with Gasteiger partial charge in [0, 0.05) is 18.3 Å². The number of ether oxygens (including phenoxy) is 1. The first-order valence-electron chi connectivity index (χ1n) is 11.1. The Hall–Kier alpha value is -3.15. The Bertz CT molecular complexity index is 938. The minimum Gasteiger partial charge on any atom is -0.480 e. The summed E-state index contributed by atoms with van der Waals surface area (Å²) in [7, 11) is 0. The molecule has 3 rings (SSSR count). The van der Waals surface area contributed by atoms with Crippen LogP contribution in [0.4, 0.5) is 0 Å². The molecule has 0 saturated heterocycles. The number of carbonyl (C=O) groups is 3. The van der Waals surface area contributed by atoms with E-state index in [0.29, 0.717) is 12.8 Å². The lowest BCUT2D eigenvalue weighted by molar-refractivity contribution is -0.145. The van der Waals surface area contributed by atoms with Gasteiger partial charge in [-0.25, -0.2) is 0 Å². The third kappa shape index (κ3) is 5.55. The van der Waals surface area contributed by atoms with Crippen molar-refractivity contribution in [1.29, 1.82) is 0 Å². The number of esters is 1. The number of hydrogen-bond donors (Lipinski definition) is 2. The zero-order valence-electron chi connectivity index (χ0n) is 18.8. The average Bonchev–Trinajstić information content (AvgIpc) is 3.08. The molecule has 0 radical (unpaired) electrons. The number of benzene rings is 2. The minimum absolute atomic E-state index is 0.00229. The first-order chi connectivity index (χ1) is 15.3. The molecule has 2 atom stereocenters. The number of amides is 1. The van der Waals surface area contributed by atoms with Crippen LogP contribution in [-0.2, 0) is 19.1 Å². The SMILES string of the molecule is CC(C)C[C@H](CCC(=O)OCC1c2ccccc2-c2ccccc21)C(=O)N[C@@H](C)C(=O)O. The second-order valence-electron chi connectivity index (χ2n) is 8.84. The van der Waals surface area contributed by atoms with Crippen molar-refractivity contribution in [1.82, 2.24) is 5.32 Å². The number of hydrogen-bond acceptors (Lipinski definition) is 4. The quantitative estimate of drug-likeness (QED) is 0.538. The lowest BCUT2D eigenvalue weighted by Gasteiger charge is -2.20. The molecule has 0 heterocycles. The van der Waals surface area contributed by atoms with Crippen molar-refractivity contribution in [2.75, 3.05) is 6.61 Å². The maximum Gasteiger partial charge on any atom is 0.325 e. The molecule has 1 aliphatic carbocycles. The average molecular weight is 438 g/mol. The van der Waals surface area contributed by atoms with Crippen LogP contribution < -0.4 is 5.32 Å². The van der Waals surface area contributed by atoms with Gasteiger partial charge in [-0.15, -0.1) is 0 Å². The van der Waals surface area contributed by atoms with Crippen LogP contribution in [-0.4, -0.2) is 35.6 Å². The summed E-state index contributed by atoms with van der Waals surface area (Å²) >= 11 is 0. The van der Waals surface area contributed by atoms with Crippen molar-refractivity contribution in [2.45, 2.75) is 52.0 Å². The van der Waals surface area contributed by atoms with Gasteiger partial charge >= 0.3 is 11.9 Å². The van der Waals surface area contributed by atoms with E-state index in [-0.39, 0.29) is 36.7 Å². The summed E-state index contributed by atoms with van der Waals surface area (Å²) in [6.45, 7) is 5.67. The van der Waals surface area contributed by atoms with E-state index in [9.17, 15) is 14.4 Å². The Morgan fingerprint density at radius 3 is 2.06 bits per heavy atom. The fraction of sp³-hybridized carbons (Fsp3) is 0.423. The Morgan fingerprint density at radius 1 is 0.969 bits per heavy atom. The van der Waals surface area contributed by atoms with Gasteiger partial charge in [0.1, 0.15) is 12.6 Å². The summed E-state index contributed by atoms with van der Waals surface area (Å²) in [6.07, 6.45) is 1.02. The number of aliphatic carboxylic acids is 1.